The summed E-state index contributed by atoms with van der Waals surface area (Å²) in [5.41, 5.74) is 0. The first-order valence-electron chi connectivity index (χ1n) is 9.24. The number of aromatic nitrogens is 2. The Kier molecular flexibility index (Phi) is 6.21. The van der Waals surface area contributed by atoms with Crippen LogP contribution in [0.25, 0.3) is 0 Å². The van der Waals surface area contributed by atoms with E-state index in [4.69, 9.17) is 9.26 Å². The van der Waals surface area contributed by atoms with Crippen molar-refractivity contribution in [1.29, 1.82) is 0 Å². The van der Waals surface area contributed by atoms with Gasteiger partial charge in [0, 0.05) is 25.2 Å². The van der Waals surface area contributed by atoms with Crippen molar-refractivity contribution in [1.82, 2.24) is 19.9 Å². The van der Waals surface area contributed by atoms with Crippen molar-refractivity contribution in [3.63, 3.8) is 0 Å². The third-order valence-electron chi connectivity index (χ3n) is 5.26. The average Bonchev–Trinajstić information content (AvgIpc) is 3.30. The van der Waals surface area contributed by atoms with Crippen molar-refractivity contribution in [2.45, 2.75) is 64.3 Å². The normalized spacial score (nSPS) is 27.1. The first-order chi connectivity index (χ1) is 11.7. The lowest BCUT2D eigenvalue weighted by Crippen LogP contribution is -2.43. The van der Waals surface area contributed by atoms with Crippen molar-refractivity contribution in [3.05, 3.63) is 11.7 Å². The van der Waals surface area contributed by atoms with Crippen LogP contribution in [0.4, 0.5) is 0 Å². The Morgan fingerprint density at radius 1 is 1.25 bits per heavy atom. The molecule has 3 heterocycles. The maximum Gasteiger partial charge on any atom is 0.240 e. The fourth-order valence-corrected chi connectivity index (χ4v) is 3.92. The molecule has 2 saturated heterocycles. The highest BCUT2D eigenvalue weighted by Crippen LogP contribution is 2.25. The molecular formula is C17H30N4O3. The molecule has 3 unspecified atom stereocenters. The molecule has 1 aromatic heterocycles. The standard InChI is InChI=1S/C17H30N4O3/c1-3-23-13(2)17-18-16(24-19-17)11-21-9-4-6-14(21)10-20-8-5-7-15(20)12-22/h13-15,22H,3-12H2,1-2H3. The summed E-state index contributed by atoms with van der Waals surface area (Å²) >= 11 is 0. The molecule has 2 aliphatic heterocycles. The van der Waals surface area contributed by atoms with Gasteiger partial charge < -0.3 is 14.4 Å². The topological polar surface area (TPSA) is 74.9 Å². The molecule has 2 fully saturated rings. The van der Waals surface area contributed by atoms with Crippen molar-refractivity contribution in [2.75, 3.05) is 32.8 Å². The molecule has 0 aromatic carbocycles. The first-order valence-corrected chi connectivity index (χ1v) is 9.24. The lowest BCUT2D eigenvalue weighted by atomic mass is 10.2. The minimum atomic E-state index is -0.128. The Morgan fingerprint density at radius 2 is 2.00 bits per heavy atom. The molecule has 1 N–H and O–H groups in total. The lowest BCUT2D eigenvalue weighted by Gasteiger charge is -2.30. The van der Waals surface area contributed by atoms with Crippen LogP contribution in [0.3, 0.4) is 0 Å². The van der Waals surface area contributed by atoms with E-state index in [1.165, 1.54) is 19.3 Å². The zero-order chi connectivity index (χ0) is 16.9. The van der Waals surface area contributed by atoms with Crippen LogP contribution in [0.2, 0.25) is 0 Å². The van der Waals surface area contributed by atoms with Gasteiger partial charge in [-0.05, 0) is 52.6 Å². The van der Waals surface area contributed by atoms with E-state index in [0.717, 1.165) is 26.1 Å². The van der Waals surface area contributed by atoms with Gasteiger partial charge in [0.25, 0.3) is 0 Å². The summed E-state index contributed by atoms with van der Waals surface area (Å²) in [5.74, 6) is 1.30. The molecule has 2 aliphatic rings. The molecule has 24 heavy (non-hydrogen) atoms. The van der Waals surface area contributed by atoms with E-state index in [0.29, 0.717) is 37.0 Å². The van der Waals surface area contributed by atoms with Crippen LogP contribution in [-0.4, -0.2) is 70.0 Å². The quantitative estimate of drug-likeness (QED) is 0.771. The van der Waals surface area contributed by atoms with E-state index in [9.17, 15) is 5.11 Å². The maximum absolute atomic E-state index is 9.51. The van der Waals surface area contributed by atoms with Gasteiger partial charge in [0.05, 0.1) is 13.2 Å². The van der Waals surface area contributed by atoms with Crippen LogP contribution >= 0.6 is 0 Å². The van der Waals surface area contributed by atoms with Gasteiger partial charge in [-0.2, -0.15) is 4.98 Å². The highest BCUT2D eigenvalue weighted by atomic mass is 16.5. The highest BCUT2D eigenvalue weighted by Gasteiger charge is 2.32. The first kappa shape index (κ1) is 17.8. The average molecular weight is 338 g/mol. The lowest BCUT2D eigenvalue weighted by molar-refractivity contribution is 0.0683. The van der Waals surface area contributed by atoms with Gasteiger partial charge >= 0.3 is 0 Å². The molecule has 7 heteroatoms. The Morgan fingerprint density at radius 3 is 2.75 bits per heavy atom. The molecule has 1 aromatic rings. The van der Waals surface area contributed by atoms with Gasteiger partial charge in [0.2, 0.25) is 5.89 Å². The zero-order valence-electron chi connectivity index (χ0n) is 14.9. The summed E-state index contributed by atoms with van der Waals surface area (Å²) in [7, 11) is 0. The van der Waals surface area contributed by atoms with Crippen LogP contribution in [0, 0.1) is 0 Å². The van der Waals surface area contributed by atoms with Gasteiger partial charge in [-0.15, -0.1) is 0 Å². The largest absolute Gasteiger partial charge is 0.395 e. The van der Waals surface area contributed by atoms with Crippen LogP contribution in [0.15, 0.2) is 4.52 Å². The summed E-state index contributed by atoms with van der Waals surface area (Å²) < 4.78 is 10.9. The molecule has 3 rings (SSSR count). The monoisotopic (exact) mass is 338 g/mol. The number of likely N-dealkylation sites (tertiary alicyclic amines) is 2. The summed E-state index contributed by atoms with van der Waals surface area (Å²) in [6.45, 7) is 8.72. The summed E-state index contributed by atoms with van der Waals surface area (Å²) in [6.07, 6.45) is 4.59. The summed E-state index contributed by atoms with van der Waals surface area (Å²) in [4.78, 5) is 9.38. The van der Waals surface area contributed by atoms with Gasteiger partial charge in [0.15, 0.2) is 5.82 Å². The Hall–Kier alpha value is -1.02. The van der Waals surface area contributed by atoms with Crippen molar-refractivity contribution in [2.24, 2.45) is 0 Å². The van der Waals surface area contributed by atoms with Crippen LogP contribution in [-0.2, 0) is 11.3 Å². The number of aliphatic hydroxyl groups excluding tert-OH is 1. The number of rotatable bonds is 8. The van der Waals surface area contributed by atoms with Gasteiger partial charge in [-0.3, -0.25) is 9.80 Å². The molecule has 0 aliphatic carbocycles. The molecule has 0 amide bonds. The number of hydrogen-bond donors (Lipinski definition) is 1. The predicted octanol–water partition coefficient (Wildman–Crippen LogP) is 1.59. The van der Waals surface area contributed by atoms with Crippen LogP contribution in [0.1, 0.15) is 57.3 Å². The molecule has 0 spiro atoms. The molecule has 7 nitrogen and oxygen atoms in total. The van der Waals surface area contributed by atoms with Crippen LogP contribution < -0.4 is 0 Å². The number of aliphatic hydroxyl groups is 1. The van der Waals surface area contributed by atoms with E-state index in [-0.39, 0.29) is 12.7 Å². The molecule has 0 bridgehead atoms. The Bertz CT molecular complexity index is 510. The zero-order valence-corrected chi connectivity index (χ0v) is 14.9. The van der Waals surface area contributed by atoms with Crippen LogP contribution in [0.5, 0.6) is 0 Å². The smallest absolute Gasteiger partial charge is 0.240 e. The Balaban J connectivity index is 1.56. The fourth-order valence-electron chi connectivity index (χ4n) is 3.92. The second-order valence-corrected chi connectivity index (χ2v) is 6.88. The number of ether oxygens (including phenoxy) is 1. The predicted molar refractivity (Wildman–Crippen MR) is 89.5 cm³/mol. The Labute approximate surface area is 144 Å². The van der Waals surface area contributed by atoms with E-state index < -0.39 is 0 Å². The summed E-state index contributed by atoms with van der Waals surface area (Å²) in [6, 6.07) is 0.853. The van der Waals surface area contributed by atoms with E-state index in [1.807, 2.05) is 13.8 Å². The van der Waals surface area contributed by atoms with E-state index in [2.05, 4.69) is 19.9 Å². The molecule has 3 atom stereocenters. The van der Waals surface area contributed by atoms with Crippen molar-refractivity contribution < 1.29 is 14.4 Å². The van der Waals surface area contributed by atoms with Gasteiger partial charge in [-0.1, -0.05) is 5.16 Å². The SMILES string of the molecule is CCOC(C)c1noc(CN2CCCC2CN2CCCC2CO)n1. The summed E-state index contributed by atoms with van der Waals surface area (Å²) in [5, 5.41) is 13.6. The van der Waals surface area contributed by atoms with Gasteiger partial charge in [-0.25, -0.2) is 0 Å². The number of hydrogen-bond acceptors (Lipinski definition) is 7. The maximum atomic E-state index is 9.51. The molecule has 0 saturated carbocycles. The second kappa shape index (κ2) is 8.38. The van der Waals surface area contributed by atoms with Crippen molar-refractivity contribution >= 4 is 0 Å². The minimum Gasteiger partial charge on any atom is -0.395 e. The molecule has 0 radical (unpaired) electrons. The number of nitrogens with zero attached hydrogens (tertiary/aromatic N) is 4. The molecular weight excluding hydrogens is 308 g/mol. The third kappa shape index (κ3) is 4.14. The van der Waals surface area contributed by atoms with E-state index >= 15 is 0 Å². The van der Waals surface area contributed by atoms with Crippen molar-refractivity contribution in [3.8, 4) is 0 Å². The van der Waals surface area contributed by atoms with Gasteiger partial charge in [0.1, 0.15) is 6.10 Å². The minimum absolute atomic E-state index is 0.128. The van der Waals surface area contributed by atoms with E-state index in [1.54, 1.807) is 0 Å². The second-order valence-electron chi connectivity index (χ2n) is 6.88. The third-order valence-corrected chi connectivity index (χ3v) is 5.26. The molecule has 136 valence electrons. The fraction of sp³-hybridized carbons (Fsp3) is 0.882. The highest BCUT2D eigenvalue weighted by molar-refractivity contribution is 4.93.